The summed E-state index contributed by atoms with van der Waals surface area (Å²) in [5.41, 5.74) is 1.21. The molecule has 1 atom stereocenters. The quantitative estimate of drug-likeness (QED) is 0.743. The van der Waals surface area contributed by atoms with Gasteiger partial charge in [-0.3, -0.25) is 0 Å². The fourth-order valence-corrected chi connectivity index (χ4v) is 2.21. The van der Waals surface area contributed by atoms with Crippen molar-refractivity contribution in [3.63, 3.8) is 0 Å². The first kappa shape index (κ1) is 10.9. The predicted molar refractivity (Wildman–Crippen MR) is 68.3 cm³/mol. The van der Waals surface area contributed by atoms with Gasteiger partial charge in [-0.1, -0.05) is 42.2 Å². The van der Waals surface area contributed by atoms with Gasteiger partial charge in [0.05, 0.1) is 4.88 Å². The maximum atomic E-state index is 9.07. The third kappa shape index (κ3) is 2.73. The monoisotopic (exact) mass is 228 g/mol. The van der Waals surface area contributed by atoms with Crippen LogP contribution in [0.1, 0.15) is 11.8 Å². The summed E-state index contributed by atoms with van der Waals surface area (Å²) in [5, 5.41) is 9.07. The lowest BCUT2D eigenvalue weighted by molar-refractivity contribution is 0.253. The number of benzene rings is 1. The van der Waals surface area contributed by atoms with Crippen molar-refractivity contribution in [3.8, 4) is 22.3 Å². The first-order chi connectivity index (χ1) is 7.75. The molecule has 16 heavy (non-hydrogen) atoms. The Labute approximate surface area is 99.4 Å². The van der Waals surface area contributed by atoms with Crippen molar-refractivity contribution in [2.24, 2.45) is 0 Å². The Kier molecular flexibility index (Phi) is 3.40. The van der Waals surface area contributed by atoms with E-state index >= 15 is 0 Å². The van der Waals surface area contributed by atoms with Gasteiger partial charge in [-0.25, -0.2) is 0 Å². The van der Waals surface area contributed by atoms with Gasteiger partial charge in [-0.15, -0.1) is 11.3 Å². The standard InChI is InChI=1S/C14H12OS/c1-11(15)7-8-13-9-10-14(16-13)12-5-3-2-4-6-12/h2-6,9-11,15H,1H3. The van der Waals surface area contributed by atoms with E-state index in [1.54, 1.807) is 18.3 Å². The molecule has 0 saturated heterocycles. The highest BCUT2D eigenvalue weighted by molar-refractivity contribution is 7.16. The fraction of sp³-hybridized carbons (Fsp3) is 0.143. The summed E-state index contributed by atoms with van der Waals surface area (Å²) in [4.78, 5) is 2.19. The molecule has 80 valence electrons. The summed E-state index contributed by atoms with van der Waals surface area (Å²) in [5.74, 6) is 5.70. The molecule has 1 aromatic carbocycles. The molecule has 0 aliphatic carbocycles. The van der Waals surface area contributed by atoms with E-state index in [0.717, 1.165) is 4.88 Å². The summed E-state index contributed by atoms with van der Waals surface area (Å²) in [7, 11) is 0. The normalized spacial score (nSPS) is 11.6. The molecule has 2 rings (SSSR count). The average molecular weight is 228 g/mol. The molecule has 2 aromatic rings. The van der Waals surface area contributed by atoms with Crippen LogP contribution in [0.4, 0.5) is 0 Å². The van der Waals surface area contributed by atoms with E-state index < -0.39 is 6.10 Å². The van der Waals surface area contributed by atoms with Gasteiger partial charge in [0.1, 0.15) is 6.10 Å². The SMILES string of the molecule is CC(O)C#Cc1ccc(-c2ccccc2)s1. The first-order valence-electron chi connectivity index (χ1n) is 5.10. The zero-order valence-electron chi connectivity index (χ0n) is 8.97. The molecule has 1 nitrogen and oxygen atoms in total. The van der Waals surface area contributed by atoms with Crippen molar-refractivity contribution in [2.75, 3.05) is 0 Å². The van der Waals surface area contributed by atoms with Gasteiger partial charge in [0.15, 0.2) is 0 Å². The third-order valence-corrected chi connectivity index (χ3v) is 3.12. The van der Waals surface area contributed by atoms with Crippen LogP contribution in [0.5, 0.6) is 0 Å². The van der Waals surface area contributed by atoms with Gasteiger partial charge < -0.3 is 5.11 Å². The van der Waals surface area contributed by atoms with Crippen molar-refractivity contribution in [2.45, 2.75) is 13.0 Å². The van der Waals surface area contributed by atoms with E-state index in [0.29, 0.717) is 0 Å². The Morgan fingerprint density at radius 2 is 1.88 bits per heavy atom. The Hall–Kier alpha value is -1.56. The Morgan fingerprint density at radius 1 is 1.12 bits per heavy atom. The summed E-state index contributed by atoms with van der Waals surface area (Å²) >= 11 is 1.64. The van der Waals surface area contributed by atoms with Crippen molar-refractivity contribution in [1.29, 1.82) is 0 Å². The molecule has 0 spiro atoms. The number of aliphatic hydroxyl groups excluding tert-OH is 1. The second-order valence-corrected chi connectivity index (χ2v) is 4.56. The number of rotatable bonds is 1. The smallest absolute Gasteiger partial charge is 0.112 e. The molecule has 0 aliphatic heterocycles. The summed E-state index contributed by atoms with van der Waals surface area (Å²) < 4.78 is 0. The molecule has 0 radical (unpaired) electrons. The van der Waals surface area contributed by atoms with E-state index in [-0.39, 0.29) is 0 Å². The second-order valence-electron chi connectivity index (χ2n) is 3.48. The molecule has 1 aromatic heterocycles. The van der Waals surface area contributed by atoms with E-state index in [1.165, 1.54) is 10.4 Å². The molecule has 0 saturated carbocycles. The molecule has 0 bridgehead atoms. The summed E-state index contributed by atoms with van der Waals surface area (Å²) in [6.07, 6.45) is -0.567. The zero-order chi connectivity index (χ0) is 11.4. The number of aliphatic hydroxyl groups is 1. The minimum atomic E-state index is -0.567. The first-order valence-corrected chi connectivity index (χ1v) is 5.92. The van der Waals surface area contributed by atoms with Crippen LogP contribution in [0.2, 0.25) is 0 Å². The van der Waals surface area contributed by atoms with Crippen LogP contribution < -0.4 is 0 Å². The van der Waals surface area contributed by atoms with Gasteiger partial charge in [-0.2, -0.15) is 0 Å². The molecular weight excluding hydrogens is 216 g/mol. The van der Waals surface area contributed by atoms with Crippen LogP contribution in [0, 0.1) is 11.8 Å². The second kappa shape index (κ2) is 4.98. The lowest BCUT2D eigenvalue weighted by Crippen LogP contribution is -1.91. The maximum Gasteiger partial charge on any atom is 0.112 e. The average Bonchev–Trinajstić information content (AvgIpc) is 2.76. The van der Waals surface area contributed by atoms with Crippen LogP contribution in [0.3, 0.4) is 0 Å². The minimum absolute atomic E-state index is 0.567. The van der Waals surface area contributed by atoms with Crippen LogP contribution >= 0.6 is 11.3 Å². The van der Waals surface area contributed by atoms with E-state index in [9.17, 15) is 0 Å². The Bertz CT molecular complexity index is 514. The highest BCUT2D eigenvalue weighted by atomic mass is 32.1. The Morgan fingerprint density at radius 3 is 2.56 bits per heavy atom. The minimum Gasteiger partial charge on any atom is -0.381 e. The van der Waals surface area contributed by atoms with E-state index in [4.69, 9.17) is 5.11 Å². The number of hydrogen-bond acceptors (Lipinski definition) is 2. The lowest BCUT2D eigenvalue weighted by Gasteiger charge is -1.93. The Balaban J connectivity index is 2.25. The molecular formula is C14H12OS. The van der Waals surface area contributed by atoms with Crippen molar-refractivity contribution in [3.05, 3.63) is 47.3 Å². The molecule has 0 amide bonds. The number of hydrogen-bond donors (Lipinski definition) is 1. The fourth-order valence-electron chi connectivity index (χ4n) is 1.34. The highest BCUT2D eigenvalue weighted by Crippen LogP contribution is 2.27. The topological polar surface area (TPSA) is 20.2 Å². The summed E-state index contributed by atoms with van der Waals surface area (Å²) in [6, 6.07) is 14.3. The van der Waals surface area contributed by atoms with Gasteiger partial charge in [-0.05, 0) is 24.6 Å². The lowest BCUT2D eigenvalue weighted by atomic mass is 10.2. The number of thiophene rings is 1. The van der Waals surface area contributed by atoms with Crippen LogP contribution in [0.15, 0.2) is 42.5 Å². The van der Waals surface area contributed by atoms with Gasteiger partial charge in [0.25, 0.3) is 0 Å². The molecule has 1 heterocycles. The van der Waals surface area contributed by atoms with Crippen LogP contribution in [0.25, 0.3) is 10.4 Å². The maximum absolute atomic E-state index is 9.07. The largest absolute Gasteiger partial charge is 0.381 e. The van der Waals surface area contributed by atoms with E-state index in [2.05, 4.69) is 30.0 Å². The van der Waals surface area contributed by atoms with Gasteiger partial charge in [0, 0.05) is 4.88 Å². The van der Waals surface area contributed by atoms with Crippen LogP contribution in [-0.2, 0) is 0 Å². The molecule has 0 fully saturated rings. The summed E-state index contributed by atoms with van der Waals surface area (Å²) in [6.45, 7) is 1.67. The highest BCUT2D eigenvalue weighted by Gasteiger charge is 2.00. The van der Waals surface area contributed by atoms with E-state index in [1.807, 2.05) is 24.3 Å². The third-order valence-electron chi connectivity index (χ3n) is 2.07. The van der Waals surface area contributed by atoms with Crippen molar-refractivity contribution >= 4 is 11.3 Å². The van der Waals surface area contributed by atoms with Gasteiger partial charge >= 0.3 is 0 Å². The molecule has 2 heteroatoms. The molecule has 1 unspecified atom stereocenters. The molecule has 0 aliphatic rings. The van der Waals surface area contributed by atoms with Gasteiger partial charge in [0.2, 0.25) is 0 Å². The van der Waals surface area contributed by atoms with Crippen molar-refractivity contribution in [1.82, 2.24) is 0 Å². The van der Waals surface area contributed by atoms with Crippen molar-refractivity contribution < 1.29 is 5.11 Å². The van der Waals surface area contributed by atoms with Crippen LogP contribution in [-0.4, -0.2) is 11.2 Å². The zero-order valence-corrected chi connectivity index (χ0v) is 9.79. The predicted octanol–water partition coefficient (Wildman–Crippen LogP) is 3.15. The molecule has 1 N–H and O–H groups in total.